The van der Waals surface area contributed by atoms with Crippen LogP contribution in [0.2, 0.25) is 0 Å². The Morgan fingerprint density at radius 3 is 2.86 bits per heavy atom. The average molecular weight is 283 g/mol. The van der Waals surface area contributed by atoms with Gasteiger partial charge in [-0.15, -0.1) is 5.10 Å². The minimum Gasteiger partial charge on any atom is -0.481 e. The SMILES string of the molecule is COc1ccc2ccc(NCCc3cn(C)nn3)cc2n1. The van der Waals surface area contributed by atoms with Gasteiger partial charge in [-0.1, -0.05) is 11.3 Å². The van der Waals surface area contributed by atoms with Crippen molar-refractivity contribution in [1.29, 1.82) is 0 Å². The molecule has 0 spiro atoms. The van der Waals surface area contributed by atoms with Crippen LogP contribution in [0, 0.1) is 0 Å². The van der Waals surface area contributed by atoms with E-state index in [2.05, 4.69) is 20.6 Å². The molecule has 1 aromatic carbocycles. The molecule has 6 nitrogen and oxygen atoms in total. The van der Waals surface area contributed by atoms with Crippen molar-refractivity contribution in [2.45, 2.75) is 6.42 Å². The number of methoxy groups -OCH3 is 1. The van der Waals surface area contributed by atoms with E-state index in [-0.39, 0.29) is 0 Å². The monoisotopic (exact) mass is 283 g/mol. The van der Waals surface area contributed by atoms with Gasteiger partial charge in [-0.25, -0.2) is 4.98 Å². The molecule has 0 aliphatic rings. The van der Waals surface area contributed by atoms with Gasteiger partial charge in [-0.2, -0.15) is 0 Å². The summed E-state index contributed by atoms with van der Waals surface area (Å²) in [6.07, 6.45) is 2.76. The van der Waals surface area contributed by atoms with Crippen LogP contribution < -0.4 is 10.1 Å². The third-order valence-corrected chi connectivity index (χ3v) is 3.24. The molecule has 3 aromatic rings. The fourth-order valence-electron chi connectivity index (χ4n) is 2.17. The fraction of sp³-hybridized carbons (Fsp3) is 0.267. The maximum Gasteiger partial charge on any atom is 0.213 e. The number of rotatable bonds is 5. The van der Waals surface area contributed by atoms with Crippen LogP contribution in [0.25, 0.3) is 10.9 Å². The van der Waals surface area contributed by atoms with Gasteiger partial charge in [0.1, 0.15) is 0 Å². The van der Waals surface area contributed by atoms with Crippen molar-refractivity contribution in [2.24, 2.45) is 7.05 Å². The summed E-state index contributed by atoms with van der Waals surface area (Å²) in [5.74, 6) is 0.624. The van der Waals surface area contributed by atoms with Crippen molar-refractivity contribution in [1.82, 2.24) is 20.0 Å². The van der Waals surface area contributed by atoms with E-state index in [1.165, 1.54) is 0 Å². The fourth-order valence-corrected chi connectivity index (χ4v) is 2.17. The van der Waals surface area contributed by atoms with E-state index in [4.69, 9.17) is 4.74 Å². The quantitative estimate of drug-likeness (QED) is 0.776. The second-order valence-corrected chi connectivity index (χ2v) is 4.82. The zero-order chi connectivity index (χ0) is 14.7. The van der Waals surface area contributed by atoms with Crippen LogP contribution in [-0.4, -0.2) is 33.6 Å². The lowest BCUT2D eigenvalue weighted by Gasteiger charge is -2.07. The Balaban J connectivity index is 1.68. The van der Waals surface area contributed by atoms with Crippen LogP contribution in [0.15, 0.2) is 36.5 Å². The molecule has 0 bridgehead atoms. The topological polar surface area (TPSA) is 64.9 Å². The van der Waals surface area contributed by atoms with Crippen LogP contribution in [0.4, 0.5) is 5.69 Å². The number of hydrogen-bond donors (Lipinski definition) is 1. The Morgan fingerprint density at radius 2 is 2.10 bits per heavy atom. The van der Waals surface area contributed by atoms with Gasteiger partial charge >= 0.3 is 0 Å². The first-order valence-corrected chi connectivity index (χ1v) is 6.78. The number of benzene rings is 1. The summed E-state index contributed by atoms with van der Waals surface area (Å²) >= 11 is 0. The molecule has 2 heterocycles. The number of nitrogens with one attached hydrogen (secondary N) is 1. The average Bonchev–Trinajstić information content (AvgIpc) is 2.92. The summed E-state index contributed by atoms with van der Waals surface area (Å²) < 4.78 is 6.86. The Hall–Kier alpha value is -2.63. The molecule has 0 saturated heterocycles. The summed E-state index contributed by atoms with van der Waals surface area (Å²) in [6, 6.07) is 9.99. The first kappa shape index (κ1) is 13.4. The Kier molecular flexibility index (Phi) is 3.68. The van der Waals surface area contributed by atoms with Gasteiger partial charge in [-0.05, 0) is 18.2 Å². The van der Waals surface area contributed by atoms with E-state index in [0.717, 1.165) is 35.2 Å². The zero-order valence-corrected chi connectivity index (χ0v) is 12.1. The number of nitrogens with zero attached hydrogens (tertiary/aromatic N) is 4. The van der Waals surface area contributed by atoms with E-state index in [1.54, 1.807) is 11.8 Å². The molecule has 2 aromatic heterocycles. The van der Waals surface area contributed by atoms with Crippen molar-refractivity contribution in [2.75, 3.05) is 19.0 Å². The van der Waals surface area contributed by atoms with E-state index in [9.17, 15) is 0 Å². The zero-order valence-electron chi connectivity index (χ0n) is 12.1. The molecule has 3 rings (SSSR count). The second-order valence-electron chi connectivity index (χ2n) is 4.82. The molecular formula is C15H17N5O. The molecule has 21 heavy (non-hydrogen) atoms. The smallest absolute Gasteiger partial charge is 0.213 e. The number of pyridine rings is 1. The van der Waals surface area contributed by atoms with Crippen LogP contribution in [-0.2, 0) is 13.5 Å². The van der Waals surface area contributed by atoms with Crippen molar-refractivity contribution in [3.8, 4) is 5.88 Å². The summed E-state index contributed by atoms with van der Waals surface area (Å²) in [5, 5.41) is 12.4. The van der Waals surface area contributed by atoms with Crippen molar-refractivity contribution >= 4 is 16.6 Å². The van der Waals surface area contributed by atoms with E-state index >= 15 is 0 Å². The normalized spacial score (nSPS) is 10.8. The van der Waals surface area contributed by atoms with Crippen LogP contribution in [0.1, 0.15) is 5.69 Å². The minimum atomic E-state index is 0.624. The van der Waals surface area contributed by atoms with Gasteiger partial charge in [0.05, 0.1) is 18.3 Å². The molecule has 0 radical (unpaired) electrons. The molecule has 0 aliphatic heterocycles. The van der Waals surface area contributed by atoms with E-state index < -0.39 is 0 Å². The second kappa shape index (κ2) is 5.78. The standard InChI is InChI=1S/C15H17N5O/c1-20-10-13(18-19-20)7-8-16-12-5-3-11-4-6-15(21-2)17-14(11)9-12/h3-6,9-10,16H,7-8H2,1-2H3. The van der Waals surface area contributed by atoms with Crippen LogP contribution in [0.3, 0.4) is 0 Å². The molecule has 6 heteroatoms. The third kappa shape index (κ3) is 3.10. The Morgan fingerprint density at radius 1 is 1.24 bits per heavy atom. The van der Waals surface area contributed by atoms with Crippen molar-refractivity contribution in [3.63, 3.8) is 0 Å². The van der Waals surface area contributed by atoms with Gasteiger partial charge < -0.3 is 10.1 Å². The summed E-state index contributed by atoms with van der Waals surface area (Å²) in [7, 11) is 3.49. The van der Waals surface area contributed by atoms with Gasteiger partial charge in [-0.3, -0.25) is 4.68 Å². The summed E-state index contributed by atoms with van der Waals surface area (Å²) in [5.41, 5.74) is 2.93. The molecular weight excluding hydrogens is 266 g/mol. The summed E-state index contributed by atoms with van der Waals surface area (Å²) in [4.78, 5) is 4.44. The lowest BCUT2D eigenvalue weighted by Crippen LogP contribution is -2.05. The van der Waals surface area contributed by atoms with Crippen molar-refractivity contribution < 1.29 is 4.74 Å². The van der Waals surface area contributed by atoms with Gasteiger partial charge in [0.25, 0.3) is 0 Å². The number of aryl methyl sites for hydroxylation is 1. The highest BCUT2D eigenvalue weighted by Gasteiger charge is 2.01. The molecule has 0 saturated carbocycles. The molecule has 1 N–H and O–H groups in total. The molecule has 0 unspecified atom stereocenters. The predicted molar refractivity (Wildman–Crippen MR) is 81.5 cm³/mol. The van der Waals surface area contributed by atoms with Gasteiger partial charge in [0, 0.05) is 43.4 Å². The van der Waals surface area contributed by atoms with Crippen LogP contribution in [0.5, 0.6) is 5.88 Å². The highest BCUT2D eigenvalue weighted by Crippen LogP contribution is 2.20. The summed E-state index contributed by atoms with van der Waals surface area (Å²) in [6.45, 7) is 0.800. The minimum absolute atomic E-state index is 0.624. The highest BCUT2D eigenvalue weighted by molar-refractivity contribution is 5.82. The highest BCUT2D eigenvalue weighted by atomic mass is 16.5. The van der Waals surface area contributed by atoms with Gasteiger partial charge in [0.15, 0.2) is 0 Å². The molecule has 0 amide bonds. The van der Waals surface area contributed by atoms with E-state index in [1.807, 2.05) is 43.6 Å². The largest absolute Gasteiger partial charge is 0.481 e. The number of anilines is 1. The Bertz CT molecular complexity index is 753. The number of hydrogen-bond acceptors (Lipinski definition) is 5. The van der Waals surface area contributed by atoms with Crippen molar-refractivity contribution in [3.05, 3.63) is 42.2 Å². The lowest BCUT2D eigenvalue weighted by atomic mass is 10.2. The maximum atomic E-state index is 5.15. The molecule has 0 atom stereocenters. The number of aromatic nitrogens is 4. The number of fused-ring (bicyclic) bond motifs is 1. The number of ether oxygens (including phenoxy) is 1. The third-order valence-electron chi connectivity index (χ3n) is 3.24. The van der Waals surface area contributed by atoms with E-state index in [0.29, 0.717) is 5.88 Å². The van der Waals surface area contributed by atoms with Gasteiger partial charge in [0.2, 0.25) is 5.88 Å². The van der Waals surface area contributed by atoms with Crippen LogP contribution >= 0.6 is 0 Å². The first-order valence-electron chi connectivity index (χ1n) is 6.78. The molecule has 0 aliphatic carbocycles. The molecule has 0 fully saturated rings. The maximum absolute atomic E-state index is 5.15. The lowest BCUT2D eigenvalue weighted by molar-refractivity contribution is 0.399. The molecule has 108 valence electrons. The Labute approximate surface area is 122 Å². The predicted octanol–water partition coefficient (Wildman–Crippen LogP) is 2.03. The first-order chi connectivity index (χ1) is 10.2.